The summed E-state index contributed by atoms with van der Waals surface area (Å²) in [5, 5.41) is 2.86. The number of nitrogens with one attached hydrogen (secondary N) is 1. The van der Waals surface area contributed by atoms with Gasteiger partial charge in [0, 0.05) is 10.6 Å². The van der Waals surface area contributed by atoms with Gasteiger partial charge in [-0.25, -0.2) is 0 Å². The van der Waals surface area contributed by atoms with E-state index < -0.39 is 0 Å². The van der Waals surface area contributed by atoms with Crippen molar-refractivity contribution in [1.82, 2.24) is 5.43 Å². The lowest BCUT2D eigenvalue weighted by molar-refractivity contribution is 0.917. The van der Waals surface area contributed by atoms with E-state index >= 15 is 0 Å². The van der Waals surface area contributed by atoms with Gasteiger partial charge in [-0.3, -0.25) is 5.84 Å². The number of benzene rings is 2. The summed E-state index contributed by atoms with van der Waals surface area (Å²) < 4.78 is 0. The highest BCUT2D eigenvalue weighted by Crippen LogP contribution is 2.23. The molecule has 0 atom stereocenters. The van der Waals surface area contributed by atoms with Crippen LogP contribution in [0.1, 0.15) is 5.56 Å². The van der Waals surface area contributed by atoms with Crippen LogP contribution < -0.4 is 17.0 Å². The fourth-order valence-corrected chi connectivity index (χ4v) is 1.97. The summed E-state index contributed by atoms with van der Waals surface area (Å²) in [7, 11) is 0. The molecule has 0 radical (unpaired) electrons. The van der Waals surface area contributed by atoms with E-state index in [1.54, 1.807) is 6.08 Å². The van der Waals surface area contributed by atoms with Crippen molar-refractivity contribution in [2.75, 3.05) is 0 Å². The van der Waals surface area contributed by atoms with E-state index in [1.807, 2.05) is 36.4 Å². The van der Waals surface area contributed by atoms with Crippen LogP contribution in [0, 0.1) is 0 Å². The van der Waals surface area contributed by atoms with Crippen LogP contribution in [0.15, 0.2) is 54.8 Å². The fraction of sp³-hybridized carbons (Fsp3) is 0. The molecule has 0 aliphatic heterocycles. The van der Waals surface area contributed by atoms with Gasteiger partial charge in [-0.2, -0.15) is 0 Å². The van der Waals surface area contributed by atoms with Crippen LogP contribution in [-0.4, -0.2) is 0 Å². The molecule has 2 aromatic carbocycles. The van der Waals surface area contributed by atoms with E-state index in [1.165, 1.54) is 0 Å². The molecule has 0 fully saturated rings. The zero-order chi connectivity index (χ0) is 13.1. The quantitative estimate of drug-likeness (QED) is 0.451. The highest BCUT2D eigenvalue weighted by molar-refractivity contribution is 6.31. The highest BCUT2D eigenvalue weighted by atomic mass is 35.5. The molecule has 0 amide bonds. The Bertz CT molecular complexity index is 632. The first-order valence-corrected chi connectivity index (χ1v) is 5.82. The summed E-state index contributed by atoms with van der Waals surface area (Å²) >= 11 is 5.94. The smallest absolute Gasteiger partial charge is 0.0716 e. The number of nitrogens with two attached hydrogens (primary N) is 2. The molecule has 0 aliphatic rings. The van der Waals surface area contributed by atoms with Crippen LogP contribution in [0.5, 0.6) is 0 Å². The van der Waals surface area contributed by atoms with E-state index in [4.69, 9.17) is 23.2 Å². The minimum atomic E-state index is 0.560. The summed E-state index contributed by atoms with van der Waals surface area (Å²) in [5.41, 5.74) is 10.6. The molecule has 0 unspecified atom stereocenters. The molecule has 92 valence electrons. The Morgan fingerprint density at radius 3 is 2.50 bits per heavy atom. The van der Waals surface area contributed by atoms with Gasteiger partial charge in [0.1, 0.15) is 0 Å². The van der Waals surface area contributed by atoms with Crippen LogP contribution in [0.25, 0.3) is 16.5 Å². The normalized spacial score (nSPS) is 12.1. The molecule has 0 bridgehead atoms. The molecule has 0 spiro atoms. The lowest BCUT2D eigenvalue weighted by Crippen LogP contribution is -2.23. The maximum atomic E-state index is 6.02. The molecule has 0 heterocycles. The van der Waals surface area contributed by atoms with Crippen LogP contribution in [-0.2, 0) is 0 Å². The van der Waals surface area contributed by atoms with Gasteiger partial charge in [0.2, 0.25) is 0 Å². The largest absolute Gasteiger partial charge is 0.397 e. The van der Waals surface area contributed by atoms with Gasteiger partial charge >= 0.3 is 0 Å². The zero-order valence-corrected chi connectivity index (χ0v) is 10.5. The number of hydrogen-bond donors (Lipinski definition) is 3. The predicted molar refractivity (Wildman–Crippen MR) is 77.6 cm³/mol. The topological polar surface area (TPSA) is 64.1 Å². The van der Waals surface area contributed by atoms with E-state index in [-0.39, 0.29) is 0 Å². The fourth-order valence-electron chi connectivity index (χ4n) is 1.79. The second-order valence-electron chi connectivity index (χ2n) is 3.88. The summed E-state index contributed by atoms with van der Waals surface area (Å²) in [6.45, 7) is 3.65. The standard InChI is InChI=1S/C14H14ClN3/c1-2-13(18-17)14(16)11-4-3-10-8-12(15)6-5-9(10)7-11/h2-8,18H,1,16-17H2/b14-13-. The average molecular weight is 260 g/mol. The van der Waals surface area contributed by atoms with Crippen molar-refractivity contribution < 1.29 is 0 Å². The summed E-state index contributed by atoms with van der Waals surface area (Å²) in [4.78, 5) is 0. The third-order valence-corrected chi connectivity index (χ3v) is 3.00. The van der Waals surface area contributed by atoms with Gasteiger partial charge < -0.3 is 11.2 Å². The highest BCUT2D eigenvalue weighted by Gasteiger charge is 2.03. The van der Waals surface area contributed by atoms with Gasteiger partial charge in [-0.1, -0.05) is 36.4 Å². The molecule has 0 aromatic heterocycles. The van der Waals surface area contributed by atoms with E-state index in [0.29, 0.717) is 16.4 Å². The van der Waals surface area contributed by atoms with Crippen LogP contribution in [0.2, 0.25) is 5.02 Å². The molecule has 3 nitrogen and oxygen atoms in total. The monoisotopic (exact) mass is 259 g/mol. The second-order valence-corrected chi connectivity index (χ2v) is 4.32. The van der Waals surface area contributed by atoms with Crippen LogP contribution >= 0.6 is 11.6 Å². The zero-order valence-electron chi connectivity index (χ0n) is 9.78. The van der Waals surface area contributed by atoms with Gasteiger partial charge in [0.25, 0.3) is 0 Å². The number of fused-ring (bicyclic) bond motifs is 1. The van der Waals surface area contributed by atoms with Gasteiger partial charge in [-0.05, 0) is 35.0 Å². The Labute approximate surface area is 111 Å². The average Bonchev–Trinajstić information content (AvgIpc) is 2.39. The Balaban J connectivity index is 2.57. The molecular formula is C14H14ClN3. The van der Waals surface area contributed by atoms with E-state index in [0.717, 1.165) is 16.3 Å². The van der Waals surface area contributed by atoms with Gasteiger partial charge in [0.05, 0.1) is 11.4 Å². The van der Waals surface area contributed by atoms with Crippen molar-refractivity contribution in [1.29, 1.82) is 0 Å². The van der Waals surface area contributed by atoms with Crippen molar-refractivity contribution in [2.24, 2.45) is 11.6 Å². The summed E-state index contributed by atoms with van der Waals surface area (Å²) in [5.74, 6) is 5.38. The lowest BCUT2D eigenvalue weighted by atomic mass is 10.0. The molecule has 18 heavy (non-hydrogen) atoms. The maximum Gasteiger partial charge on any atom is 0.0716 e. The van der Waals surface area contributed by atoms with Crippen molar-refractivity contribution >= 4 is 28.1 Å². The second kappa shape index (κ2) is 5.12. The Kier molecular flexibility index (Phi) is 3.55. The third-order valence-electron chi connectivity index (χ3n) is 2.76. The summed E-state index contributed by atoms with van der Waals surface area (Å²) in [6.07, 6.45) is 1.58. The molecule has 2 rings (SSSR count). The minimum Gasteiger partial charge on any atom is -0.397 e. The maximum absolute atomic E-state index is 6.02. The van der Waals surface area contributed by atoms with E-state index in [2.05, 4.69) is 12.0 Å². The SMILES string of the molecule is C=C/C(NN)=C(/N)c1ccc2cc(Cl)ccc2c1. The van der Waals surface area contributed by atoms with Crippen molar-refractivity contribution in [3.05, 3.63) is 65.3 Å². The number of hydrogen-bond acceptors (Lipinski definition) is 3. The molecule has 4 heteroatoms. The first-order chi connectivity index (χ1) is 8.65. The molecule has 0 aliphatic carbocycles. The first kappa shape index (κ1) is 12.5. The van der Waals surface area contributed by atoms with Crippen LogP contribution in [0.3, 0.4) is 0 Å². The van der Waals surface area contributed by atoms with Gasteiger partial charge in [-0.15, -0.1) is 0 Å². The minimum absolute atomic E-state index is 0.560. The lowest BCUT2D eigenvalue weighted by Gasteiger charge is -2.09. The van der Waals surface area contributed by atoms with Crippen LogP contribution in [0.4, 0.5) is 0 Å². The third kappa shape index (κ3) is 2.32. The Morgan fingerprint density at radius 2 is 1.83 bits per heavy atom. The number of allylic oxidation sites excluding steroid dienone is 1. The number of hydrazine groups is 1. The molecular weight excluding hydrogens is 246 g/mol. The number of halogens is 1. The molecule has 5 N–H and O–H groups in total. The number of rotatable bonds is 3. The molecule has 0 saturated carbocycles. The van der Waals surface area contributed by atoms with Gasteiger partial charge in [0.15, 0.2) is 0 Å². The molecule has 0 saturated heterocycles. The molecule has 2 aromatic rings. The summed E-state index contributed by atoms with van der Waals surface area (Å²) in [6, 6.07) is 11.6. The Morgan fingerprint density at radius 1 is 1.17 bits per heavy atom. The van der Waals surface area contributed by atoms with Crippen molar-refractivity contribution in [2.45, 2.75) is 0 Å². The van der Waals surface area contributed by atoms with E-state index in [9.17, 15) is 0 Å². The first-order valence-electron chi connectivity index (χ1n) is 5.44. The van der Waals surface area contributed by atoms with Crippen molar-refractivity contribution in [3.8, 4) is 0 Å². The Hall–Kier alpha value is -1.97. The van der Waals surface area contributed by atoms with Crippen molar-refractivity contribution in [3.63, 3.8) is 0 Å². The predicted octanol–water partition coefficient (Wildman–Crippen LogP) is 2.77.